The van der Waals surface area contributed by atoms with E-state index >= 15 is 0 Å². The van der Waals surface area contributed by atoms with Gasteiger partial charge in [-0.15, -0.1) is 0 Å². The summed E-state index contributed by atoms with van der Waals surface area (Å²) in [6, 6.07) is 7.77. The Balaban J connectivity index is 1.94. The molecule has 1 aliphatic heterocycles. The molecule has 0 aromatic heterocycles. The summed E-state index contributed by atoms with van der Waals surface area (Å²) >= 11 is 0. The standard InChI is InChI=1S/C14H19NO3/c1-14(2)17-9-11(10-18-14)8-15-12-5-4-6-13(7-12)16-3/h4-8,15H,9-10H2,1-3H3. The SMILES string of the molecule is COc1cccc(NC=C2COC(C)(C)OC2)c1. The van der Waals surface area contributed by atoms with Gasteiger partial charge in [0, 0.05) is 18.0 Å². The smallest absolute Gasteiger partial charge is 0.163 e. The van der Waals surface area contributed by atoms with Crippen molar-refractivity contribution in [1.82, 2.24) is 0 Å². The van der Waals surface area contributed by atoms with Crippen molar-refractivity contribution < 1.29 is 14.2 Å². The van der Waals surface area contributed by atoms with Gasteiger partial charge in [-0.3, -0.25) is 0 Å². The fourth-order valence-electron chi connectivity index (χ4n) is 1.60. The Hall–Kier alpha value is -1.52. The second kappa shape index (κ2) is 5.42. The average Bonchev–Trinajstić information content (AvgIpc) is 2.38. The van der Waals surface area contributed by atoms with Gasteiger partial charge in [-0.1, -0.05) is 6.07 Å². The topological polar surface area (TPSA) is 39.7 Å². The predicted octanol–water partition coefficient (Wildman–Crippen LogP) is 2.77. The maximum Gasteiger partial charge on any atom is 0.163 e. The molecule has 1 aromatic carbocycles. The summed E-state index contributed by atoms with van der Waals surface area (Å²) in [5, 5.41) is 3.21. The van der Waals surface area contributed by atoms with E-state index in [1.165, 1.54) is 0 Å². The van der Waals surface area contributed by atoms with Crippen molar-refractivity contribution in [1.29, 1.82) is 0 Å². The minimum atomic E-state index is -0.479. The molecule has 1 aromatic rings. The van der Waals surface area contributed by atoms with Gasteiger partial charge in [0.25, 0.3) is 0 Å². The third-order valence-corrected chi connectivity index (χ3v) is 2.72. The van der Waals surface area contributed by atoms with Crippen LogP contribution in [-0.2, 0) is 9.47 Å². The average molecular weight is 249 g/mol. The van der Waals surface area contributed by atoms with Crippen LogP contribution in [0.4, 0.5) is 5.69 Å². The summed E-state index contributed by atoms with van der Waals surface area (Å²) in [6.45, 7) is 5.01. The molecular weight excluding hydrogens is 230 g/mol. The zero-order chi connectivity index (χ0) is 13.0. The largest absolute Gasteiger partial charge is 0.497 e. The van der Waals surface area contributed by atoms with Crippen LogP contribution in [0.2, 0.25) is 0 Å². The molecule has 1 heterocycles. The van der Waals surface area contributed by atoms with Crippen LogP contribution in [0.5, 0.6) is 5.75 Å². The summed E-state index contributed by atoms with van der Waals surface area (Å²) < 4.78 is 16.3. The van der Waals surface area contributed by atoms with Gasteiger partial charge in [-0.05, 0) is 31.6 Å². The van der Waals surface area contributed by atoms with Gasteiger partial charge in [0.2, 0.25) is 0 Å². The molecule has 98 valence electrons. The molecule has 1 aliphatic rings. The molecule has 0 aliphatic carbocycles. The van der Waals surface area contributed by atoms with E-state index in [0.29, 0.717) is 13.2 Å². The van der Waals surface area contributed by atoms with Gasteiger partial charge in [0.15, 0.2) is 5.79 Å². The highest BCUT2D eigenvalue weighted by molar-refractivity contribution is 5.50. The zero-order valence-electron chi connectivity index (χ0n) is 11.0. The third kappa shape index (κ3) is 3.48. The number of methoxy groups -OCH3 is 1. The van der Waals surface area contributed by atoms with Crippen LogP contribution in [0.3, 0.4) is 0 Å². The Labute approximate surface area is 108 Å². The van der Waals surface area contributed by atoms with Crippen molar-refractivity contribution >= 4 is 5.69 Å². The number of nitrogens with one attached hydrogen (secondary N) is 1. The van der Waals surface area contributed by atoms with Crippen LogP contribution in [0.25, 0.3) is 0 Å². The molecule has 0 bridgehead atoms. The molecule has 18 heavy (non-hydrogen) atoms. The van der Waals surface area contributed by atoms with E-state index in [-0.39, 0.29) is 0 Å². The van der Waals surface area contributed by atoms with Gasteiger partial charge in [0.05, 0.1) is 20.3 Å². The maximum absolute atomic E-state index is 5.56. The Morgan fingerprint density at radius 2 is 2.00 bits per heavy atom. The Kier molecular flexibility index (Phi) is 3.89. The highest BCUT2D eigenvalue weighted by Crippen LogP contribution is 2.21. The predicted molar refractivity (Wildman–Crippen MR) is 70.7 cm³/mol. The quantitative estimate of drug-likeness (QED) is 0.894. The summed E-state index contributed by atoms with van der Waals surface area (Å²) in [4.78, 5) is 0. The number of hydrogen-bond donors (Lipinski definition) is 1. The first kappa shape index (κ1) is 12.9. The Bertz CT molecular complexity index is 428. The van der Waals surface area contributed by atoms with E-state index in [1.807, 2.05) is 44.3 Å². The maximum atomic E-state index is 5.56. The first-order valence-electron chi connectivity index (χ1n) is 5.95. The van der Waals surface area contributed by atoms with Crippen LogP contribution < -0.4 is 10.1 Å². The molecule has 0 unspecified atom stereocenters. The highest BCUT2D eigenvalue weighted by Gasteiger charge is 2.24. The lowest BCUT2D eigenvalue weighted by molar-refractivity contribution is -0.225. The van der Waals surface area contributed by atoms with Gasteiger partial charge >= 0.3 is 0 Å². The van der Waals surface area contributed by atoms with Crippen LogP contribution in [-0.4, -0.2) is 26.1 Å². The lowest BCUT2D eigenvalue weighted by Crippen LogP contribution is -2.35. The third-order valence-electron chi connectivity index (χ3n) is 2.72. The van der Waals surface area contributed by atoms with Crippen molar-refractivity contribution in [2.45, 2.75) is 19.6 Å². The molecular formula is C14H19NO3. The Morgan fingerprint density at radius 1 is 1.28 bits per heavy atom. The molecule has 0 atom stereocenters. The van der Waals surface area contributed by atoms with Crippen LogP contribution in [0.15, 0.2) is 36.0 Å². The van der Waals surface area contributed by atoms with Crippen molar-refractivity contribution in [3.8, 4) is 5.75 Å². The van der Waals surface area contributed by atoms with Crippen molar-refractivity contribution in [3.05, 3.63) is 36.0 Å². The number of anilines is 1. The van der Waals surface area contributed by atoms with E-state index in [2.05, 4.69) is 5.32 Å². The molecule has 4 heteroatoms. The molecule has 0 radical (unpaired) electrons. The molecule has 0 saturated carbocycles. The number of ether oxygens (including phenoxy) is 3. The van der Waals surface area contributed by atoms with E-state index in [0.717, 1.165) is 17.0 Å². The number of rotatable bonds is 3. The second-order valence-corrected chi connectivity index (χ2v) is 4.66. The van der Waals surface area contributed by atoms with Crippen LogP contribution in [0.1, 0.15) is 13.8 Å². The highest BCUT2D eigenvalue weighted by atomic mass is 16.7. The first-order chi connectivity index (χ1) is 8.59. The Morgan fingerprint density at radius 3 is 2.67 bits per heavy atom. The van der Waals surface area contributed by atoms with E-state index in [4.69, 9.17) is 14.2 Å². The first-order valence-corrected chi connectivity index (χ1v) is 5.95. The molecule has 1 fully saturated rings. The van der Waals surface area contributed by atoms with Crippen LogP contribution in [0, 0.1) is 0 Å². The normalized spacial score (nSPS) is 18.3. The van der Waals surface area contributed by atoms with E-state index in [9.17, 15) is 0 Å². The van der Waals surface area contributed by atoms with Crippen molar-refractivity contribution in [2.24, 2.45) is 0 Å². The molecule has 1 N–H and O–H groups in total. The lowest BCUT2D eigenvalue weighted by atomic mass is 10.2. The van der Waals surface area contributed by atoms with E-state index in [1.54, 1.807) is 7.11 Å². The van der Waals surface area contributed by atoms with Gasteiger partial charge in [0.1, 0.15) is 5.75 Å². The fraction of sp³-hybridized carbons (Fsp3) is 0.429. The summed E-state index contributed by atoms with van der Waals surface area (Å²) in [5.74, 6) is 0.350. The molecule has 2 rings (SSSR count). The summed E-state index contributed by atoms with van der Waals surface area (Å²) in [6.07, 6.45) is 1.92. The minimum Gasteiger partial charge on any atom is -0.497 e. The van der Waals surface area contributed by atoms with E-state index < -0.39 is 5.79 Å². The fourth-order valence-corrected chi connectivity index (χ4v) is 1.60. The lowest BCUT2D eigenvalue weighted by Gasteiger charge is -2.31. The second-order valence-electron chi connectivity index (χ2n) is 4.66. The summed E-state index contributed by atoms with van der Waals surface area (Å²) in [5.41, 5.74) is 2.06. The van der Waals surface area contributed by atoms with Gasteiger partial charge in [-0.25, -0.2) is 0 Å². The molecule has 0 spiro atoms. The van der Waals surface area contributed by atoms with Gasteiger partial charge < -0.3 is 19.5 Å². The molecule has 0 amide bonds. The van der Waals surface area contributed by atoms with Gasteiger partial charge in [-0.2, -0.15) is 0 Å². The molecule has 1 saturated heterocycles. The summed E-state index contributed by atoms with van der Waals surface area (Å²) in [7, 11) is 1.66. The number of benzene rings is 1. The van der Waals surface area contributed by atoms with Crippen LogP contribution >= 0.6 is 0 Å². The van der Waals surface area contributed by atoms with Crippen molar-refractivity contribution in [3.63, 3.8) is 0 Å². The minimum absolute atomic E-state index is 0.479. The number of hydrogen-bond acceptors (Lipinski definition) is 4. The van der Waals surface area contributed by atoms with Crippen molar-refractivity contribution in [2.75, 3.05) is 25.6 Å². The zero-order valence-corrected chi connectivity index (χ0v) is 11.0. The molecule has 4 nitrogen and oxygen atoms in total. The monoisotopic (exact) mass is 249 g/mol.